The van der Waals surface area contributed by atoms with Crippen molar-refractivity contribution in [3.8, 4) is 11.6 Å². The van der Waals surface area contributed by atoms with Gasteiger partial charge in [0.15, 0.2) is 0 Å². The Morgan fingerprint density at radius 1 is 1.16 bits per heavy atom. The lowest BCUT2D eigenvalue weighted by Crippen LogP contribution is -2.45. The monoisotopic (exact) mass is 338 g/mol. The van der Waals surface area contributed by atoms with Gasteiger partial charge in [-0.1, -0.05) is 23.4 Å². The topological polar surface area (TPSA) is 78.2 Å². The number of nitrogens with zero attached hydrogens (tertiary/aromatic N) is 6. The minimum atomic E-state index is 0.0118. The van der Waals surface area contributed by atoms with E-state index in [0.29, 0.717) is 31.5 Å². The fraction of sp³-hybridized carbons (Fsp3) is 0.294. The van der Waals surface area contributed by atoms with Gasteiger partial charge in [0.1, 0.15) is 5.75 Å². The van der Waals surface area contributed by atoms with Crippen LogP contribution in [0.1, 0.15) is 0 Å². The molecule has 1 unspecified atom stereocenters. The maximum atomic E-state index is 5.81. The zero-order valence-electron chi connectivity index (χ0n) is 13.6. The molecular weight excluding hydrogens is 320 g/mol. The zero-order valence-corrected chi connectivity index (χ0v) is 13.6. The quantitative estimate of drug-likeness (QED) is 0.701. The average Bonchev–Trinajstić information content (AvgIpc) is 3.16. The van der Waals surface area contributed by atoms with Crippen LogP contribution < -0.4 is 9.64 Å². The summed E-state index contributed by atoms with van der Waals surface area (Å²) >= 11 is 0. The molecule has 8 heteroatoms. The molecule has 0 radical (unpaired) electrons. The largest absolute Gasteiger partial charge is 0.439 e. The van der Waals surface area contributed by atoms with Crippen molar-refractivity contribution in [2.45, 2.75) is 12.6 Å². The van der Waals surface area contributed by atoms with Crippen molar-refractivity contribution in [2.75, 3.05) is 24.6 Å². The lowest BCUT2D eigenvalue weighted by Gasteiger charge is -2.32. The third kappa shape index (κ3) is 3.92. The molecule has 1 aromatic carbocycles. The summed E-state index contributed by atoms with van der Waals surface area (Å²) in [5.74, 6) is 1.91. The molecule has 0 amide bonds. The van der Waals surface area contributed by atoms with Gasteiger partial charge in [0.25, 0.3) is 0 Å². The molecule has 2 aromatic heterocycles. The van der Waals surface area contributed by atoms with Gasteiger partial charge in [-0.25, -0.2) is 9.67 Å². The average molecular weight is 338 g/mol. The molecule has 1 aliphatic rings. The lowest BCUT2D eigenvalue weighted by atomic mass is 10.3. The predicted molar refractivity (Wildman–Crippen MR) is 90.5 cm³/mol. The van der Waals surface area contributed by atoms with Crippen LogP contribution in [0.5, 0.6) is 11.6 Å². The maximum Gasteiger partial charge on any atom is 0.228 e. The van der Waals surface area contributed by atoms with Crippen molar-refractivity contribution >= 4 is 5.95 Å². The van der Waals surface area contributed by atoms with E-state index in [9.17, 15) is 0 Å². The van der Waals surface area contributed by atoms with Crippen LogP contribution in [0.4, 0.5) is 5.95 Å². The van der Waals surface area contributed by atoms with Gasteiger partial charge in [-0.05, 0) is 12.1 Å². The molecule has 3 aromatic rings. The molecule has 0 spiro atoms. The maximum absolute atomic E-state index is 5.81. The van der Waals surface area contributed by atoms with Crippen LogP contribution in [0.2, 0.25) is 0 Å². The molecule has 1 saturated heterocycles. The van der Waals surface area contributed by atoms with Gasteiger partial charge >= 0.3 is 0 Å². The van der Waals surface area contributed by atoms with Crippen molar-refractivity contribution in [2.24, 2.45) is 0 Å². The summed E-state index contributed by atoms with van der Waals surface area (Å²) in [4.78, 5) is 11.0. The second-order valence-corrected chi connectivity index (χ2v) is 5.67. The SMILES string of the molecule is c1ccc(Oc2ccnc(N3CCOC(Cn4ccnn4)C3)n2)cc1. The molecule has 0 bridgehead atoms. The number of aromatic nitrogens is 5. The molecule has 1 fully saturated rings. The summed E-state index contributed by atoms with van der Waals surface area (Å²) in [6, 6.07) is 11.3. The highest BCUT2D eigenvalue weighted by molar-refractivity contribution is 5.34. The predicted octanol–water partition coefficient (Wildman–Crippen LogP) is 1.77. The molecular formula is C17H18N6O2. The number of hydrogen-bond donors (Lipinski definition) is 0. The minimum absolute atomic E-state index is 0.0118. The van der Waals surface area contributed by atoms with Gasteiger partial charge in [0.05, 0.1) is 25.5 Å². The first-order chi connectivity index (χ1) is 12.4. The molecule has 25 heavy (non-hydrogen) atoms. The first kappa shape index (κ1) is 15.5. The fourth-order valence-corrected chi connectivity index (χ4v) is 2.70. The number of benzene rings is 1. The van der Waals surface area contributed by atoms with E-state index in [-0.39, 0.29) is 6.10 Å². The second kappa shape index (κ2) is 7.27. The van der Waals surface area contributed by atoms with E-state index in [2.05, 4.69) is 25.2 Å². The van der Waals surface area contributed by atoms with Crippen LogP contribution in [0.15, 0.2) is 55.0 Å². The molecule has 4 rings (SSSR count). The Hall–Kier alpha value is -3.00. The third-order valence-corrected chi connectivity index (χ3v) is 3.87. The third-order valence-electron chi connectivity index (χ3n) is 3.87. The number of anilines is 1. The number of rotatable bonds is 5. The molecule has 1 aliphatic heterocycles. The summed E-state index contributed by atoms with van der Waals surface area (Å²) in [6.45, 7) is 2.69. The molecule has 1 atom stereocenters. The fourth-order valence-electron chi connectivity index (χ4n) is 2.70. The summed E-state index contributed by atoms with van der Waals surface area (Å²) in [6.07, 6.45) is 5.21. The van der Waals surface area contributed by atoms with Crippen LogP contribution in [0.3, 0.4) is 0 Å². The Morgan fingerprint density at radius 2 is 2.08 bits per heavy atom. The van der Waals surface area contributed by atoms with Crippen LogP contribution in [0, 0.1) is 0 Å². The Balaban J connectivity index is 1.44. The highest BCUT2D eigenvalue weighted by Gasteiger charge is 2.23. The highest BCUT2D eigenvalue weighted by atomic mass is 16.5. The van der Waals surface area contributed by atoms with Crippen LogP contribution in [-0.2, 0) is 11.3 Å². The highest BCUT2D eigenvalue weighted by Crippen LogP contribution is 2.21. The van der Waals surface area contributed by atoms with Gasteiger partial charge in [-0.15, -0.1) is 5.10 Å². The zero-order chi connectivity index (χ0) is 16.9. The normalized spacial score (nSPS) is 17.4. The van der Waals surface area contributed by atoms with Crippen LogP contribution >= 0.6 is 0 Å². The minimum Gasteiger partial charge on any atom is -0.439 e. The Labute approximate surface area is 145 Å². The van der Waals surface area contributed by atoms with Crippen molar-refractivity contribution in [1.82, 2.24) is 25.0 Å². The Bertz CT molecular complexity index is 796. The molecule has 8 nitrogen and oxygen atoms in total. The lowest BCUT2D eigenvalue weighted by molar-refractivity contribution is 0.0265. The van der Waals surface area contributed by atoms with Crippen LogP contribution in [0.25, 0.3) is 0 Å². The smallest absolute Gasteiger partial charge is 0.228 e. The second-order valence-electron chi connectivity index (χ2n) is 5.67. The van der Waals surface area contributed by atoms with Gasteiger partial charge < -0.3 is 14.4 Å². The van der Waals surface area contributed by atoms with Crippen molar-refractivity contribution in [1.29, 1.82) is 0 Å². The number of para-hydroxylation sites is 1. The number of ether oxygens (including phenoxy) is 2. The van der Waals surface area contributed by atoms with Gasteiger partial charge in [0, 0.05) is 31.5 Å². The molecule has 0 aliphatic carbocycles. The first-order valence-corrected chi connectivity index (χ1v) is 8.13. The summed E-state index contributed by atoms with van der Waals surface area (Å²) in [7, 11) is 0. The van der Waals surface area contributed by atoms with Crippen LogP contribution in [-0.4, -0.2) is 50.8 Å². The van der Waals surface area contributed by atoms with Gasteiger partial charge in [-0.3, -0.25) is 0 Å². The van der Waals surface area contributed by atoms with Gasteiger partial charge in [0.2, 0.25) is 11.8 Å². The van der Waals surface area contributed by atoms with E-state index in [1.54, 1.807) is 23.1 Å². The van der Waals surface area contributed by atoms with Crippen molar-refractivity contribution in [3.05, 3.63) is 55.0 Å². The van der Waals surface area contributed by atoms with Crippen molar-refractivity contribution < 1.29 is 9.47 Å². The summed E-state index contributed by atoms with van der Waals surface area (Å²) in [5.41, 5.74) is 0. The summed E-state index contributed by atoms with van der Waals surface area (Å²) < 4.78 is 13.4. The molecule has 0 saturated carbocycles. The van der Waals surface area contributed by atoms with Gasteiger partial charge in [-0.2, -0.15) is 4.98 Å². The van der Waals surface area contributed by atoms with E-state index in [1.165, 1.54) is 0 Å². The van der Waals surface area contributed by atoms with E-state index >= 15 is 0 Å². The number of hydrogen-bond acceptors (Lipinski definition) is 7. The number of morpholine rings is 1. The molecule has 3 heterocycles. The first-order valence-electron chi connectivity index (χ1n) is 8.13. The Kier molecular flexibility index (Phi) is 4.51. The van der Waals surface area contributed by atoms with E-state index in [4.69, 9.17) is 9.47 Å². The van der Waals surface area contributed by atoms with E-state index < -0.39 is 0 Å². The standard InChI is InChI=1S/C17H18N6O2/c1-2-4-14(5-3-1)25-16-6-7-18-17(20-16)22-10-11-24-15(12-22)13-23-9-8-19-21-23/h1-9,15H,10-13H2. The van der Waals surface area contributed by atoms with Crippen molar-refractivity contribution in [3.63, 3.8) is 0 Å². The molecule has 0 N–H and O–H groups in total. The Morgan fingerprint density at radius 3 is 2.92 bits per heavy atom. The molecule has 128 valence electrons. The van der Waals surface area contributed by atoms with E-state index in [0.717, 1.165) is 12.3 Å². The van der Waals surface area contributed by atoms with E-state index in [1.807, 2.05) is 36.5 Å². The summed E-state index contributed by atoms with van der Waals surface area (Å²) in [5, 5.41) is 7.80.